The molecular formula is C10H7ClN2O. The van der Waals surface area contributed by atoms with Crippen LogP contribution >= 0.6 is 11.6 Å². The van der Waals surface area contributed by atoms with Crippen molar-refractivity contribution < 1.29 is 4.79 Å². The summed E-state index contributed by atoms with van der Waals surface area (Å²) < 4.78 is 1.59. The SMILES string of the molecule is O=Cc1cnc(Cl)n1-c1ccccc1. The number of para-hydroxylation sites is 1. The minimum Gasteiger partial charge on any atom is -0.296 e. The van der Waals surface area contributed by atoms with Gasteiger partial charge in [0.1, 0.15) is 5.69 Å². The van der Waals surface area contributed by atoms with Crippen molar-refractivity contribution in [3.63, 3.8) is 0 Å². The highest BCUT2D eigenvalue weighted by Crippen LogP contribution is 2.16. The number of carbonyl (C=O) groups excluding carboxylic acids is 1. The first-order valence-electron chi connectivity index (χ1n) is 4.07. The summed E-state index contributed by atoms with van der Waals surface area (Å²) in [7, 11) is 0. The number of benzene rings is 1. The fourth-order valence-corrected chi connectivity index (χ4v) is 1.50. The van der Waals surface area contributed by atoms with Gasteiger partial charge in [0.25, 0.3) is 0 Å². The zero-order chi connectivity index (χ0) is 9.97. The van der Waals surface area contributed by atoms with Gasteiger partial charge in [-0.25, -0.2) is 4.98 Å². The number of nitrogens with zero attached hydrogens (tertiary/aromatic N) is 2. The molecule has 0 bridgehead atoms. The predicted octanol–water partition coefficient (Wildman–Crippen LogP) is 2.34. The van der Waals surface area contributed by atoms with Gasteiger partial charge in [0.15, 0.2) is 6.29 Å². The molecule has 0 aliphatic carbocycles. The molecule has 2 aromatic rings. The number of halogens is 1. The second kappa shape index (κ2) is 3.64. The first-order valence-corrected chi connectivity index (χ1v) is 4.44. The van der Waals surface area contributed by atoms with E-state index in [1.807, 2.05) is 30.3 Å². The molecule has 0 unspecified atom stereocenters. The smallest absolute Gasteiger partial charge is 0.207 e. The minimum atomic E-state index is 0.290. The van der Waals surface area contributed by atoms with Crippen molar-refractivity contribution in [3.8, 4) is 5.69 Å². The minimum absolute atomic E-state index is 0.290. The van der Waals surface area contributed by atoms with Crippen LogP contribution in [0.15, 0.2) is 36.5 Å². The summed E-state index contributed by atoms with van der Waals surface area (Å²) in [5, 5.41) is 0.290. The lowest BCUT2D eigenvalue weighted by Crippen LogP contribution is -1.98. The molecule has 1 aromatic carbocycles. The lowest BCUT2D eigenvalue weighted by molar-refractivity contribution is 0.111. The molecule has 1 heterocycles. The normalized spacial score (nSPS) is 10.1. The van der Waals surface area contributed by atoms with E-state index < -0.39 is 0 Å². The summed E-state index contributed by atoms with van der Waals surface area (Å²) in [6.45, 7) is 0. The van der Waals surface area contributed by atoms with Crippen molar-refractivity contribution in [2.45, 2.75) is 0 Å². The van der Waals surface area contributed by atoms with Crippen molar-refractivity contribution >= 4 is 17.9 Å². The maximum atomic E-state index is 10.7. The first kappa shape index (κ1) is 8.97. The molecule has 0 N–H and O–H groups in total. The van der Waals surface area contributed by atoms with Gasteiger partial charge in [-0.1, -0.05) is 18.2 Å². The summed E-state index contributed by atoms with van der Waals surface area (Å²) in [5.41, 5.74) is 1.28. The molecule has 0 amide bonds. The second-order valence-corrected chi connectivity index (χ2v) is 3.08. The summed E-state index contributed by atoms with van der Waals surface area (Å²) >= 11 is 5.85. The van der Waals surface area contributed by atoms with E-state index in [9.17, 15) is 4.79 Å². The van der Waals surface area contributed by atoms with Gasteiger partial charge in [-0.15, -0.1) is 0 Å². The van der Waals surface area contributed by atoms with Gasteiger partial charge in [-0.2, -0.15) is 0 Å². The third kappa shape index (κ3) is 1.42. The van der Waals surface area contributed by atoms with Gasteiger partial charge < -0.3 is 0 Å². The van der Waals surface area contributed by atoms with Crippen LogP contribution in [0.2, 0.25) is 5.28 Å². The fourth-order valence-electron chi connectivity index (χ4n) is 1.26. The third-order valence-corrected chi connectivity index (χ3v) is 2.15. The van der Waals surface area contributed by atoms with E-state index in [4.69, 9.17) is 11.6 Å². The highest BCUT2D eigenvalue weighted by atomic mass is 35.5. The summed E-state index contributed by atoms with van der Waals surface area (Å²) in [4.78, 5) is 14.6. The van der Waals surface area contributed by atoms with Gasteiger partial charge in [0.2, 0.25) is 5.28 Å². The van der Waals surface area contributed by atoms with Crippen LogP contribution in [0.3, 0.4) is 0 Å². The van der Waals surface area contributed by atoms with Gasteiger partial charge in [-0.3, -0.25) is 9.36 Å². The molecule has 3 nitrogen and oxygen atoms in total. The molecule has 0 saturated heterocycles. The van der Waals surface area contributed by atoms with E-state index in [2.05, 4.69) is 4.98 Å². The molecule has 0 saturated carbocycles. The summed E-state index contributed by atoms with van der Waals surface area (Å²) in [6, 6.07) is 9.37. The highest BCUT2D eigenvalue weighted by Gasteiger charge is 2.07. The van der Waals surface area contributed by atoms with Crippen LogP contribution in [0.25, 0.3) is 5.69 Å². The quantitative estimate of drug-likeness (QED) is 0.707. The number of rotatable bonds is 2. The zero-order valence-corrected chi connectivity index (χ0v) is 7.98. The average Bonchev–Trinajstić information content (AvgIpc) is 2.61. The monoisotopic (exact) mass is 206 g/mol. The van der Waals surface area contributed by atoms with E-state index in [0.717, 1.165) is 12.0 Å². The molecule has 0 fully saturated rings. The number of hydrogen-bond acceptors (Lipinski definition) is 2. The molecule has 70 valence electrons. The Morgan fingerprint density at radius 3 is 2.64 bits per heavy atom. The van der Waals surface area contributed by atoms with Crippen LogP contribution < -0.4 is 0 Å². The van der Waals surface area contributed by atoms with Crippen molar-refractivity contribution in [3.05, 3.63) is 47.5 Å². The van der Waals surface area contributed by atoms with E-state index in [0.29, 0.717) is 11.0 Å². The van der Waals surface area contributed by atoms with E-state index in [1.165, 1.54) is 6.20 Å². The number of hydrogen-bond donors (Lipinski definition) is 0. The number of aromatic nitrogens is 2. The van der Waals surface area contributed by atoms with Crippen LogP contribution in [0.4, 0.5) is 0 Å². The van der Waals surface area contributed by atoms with Crippen LogP contribution in [-0.4, -0.2) is 15.8 Å². The lowest BCUT2D eigenvalue weighted by Gasteiger charge is -2.04. The lowest BCUT2D eigenvalue weighted by atomic mass is 10.3. The predicted molar refractivity (Wildman–Crippen MR) is 54.0 cm³/mol. The van der Waals surface area contributed by atoms with Crippen LogP contribution in [0.5, 0.6) is 0 Å². The second-order valence-electron chi connectivity index (χ2n) is 2.74. The molecule has 14 heavy (non-hydrogen) atoms. The largest absolute Gasteiger partial charge is 0.296 e. The molecule has 2 rings (SSSR count). The van der Waals surface area contributed by atoms with Gasteiger partial charge in [-0.05, 0) is 23.7 Å². The molecule has 1 aromatic heterocycles. The first-order chi connectivity index (χ1) is 6.83. The van der Waals surface area contributed by atoms with Crippen molar-refractivity contribution in [1.29, 1.82) is 0 Å². The average molecular weight is 207 g/mol. The Balaban J connectivity index is 2.61. The Morgan fingerprint density at radius 1 is 1.29 bits per heavy atom. The zero-order valence-electron chi connectivity index (χ0n) is 7.22. The Labute approximate surface area is 86.0 Å². The number of carbonyl (C=O) groups is 1. The van der Waals surface area contributed by atoms with E-state index in [1.54, 1.807) is 4.57 Å². The highest BCUT2D eigenvalue weighted by molar-refractivity contribution is 6.28. The standard InChI is InChI=1S/C10H7ClN2O/c11-10-12-6-9(7-14)13(10)8-4-2-1-3-5-8/h1-7H. The fraction of sp³-hybridized carbons (Fsp3) is 0. The molecule has 0 aliphatic rings. The maximum Gasteiger partial charge on any atom is 0.207 e. The van der Waals surface area contributed by atoms with Crippen molar-refractivity contribution in [2.75, 3.05) is 0 Å². The molecule has 0 aliphatic heterocycles. The Kier molecular flexibility index (Phi) is 2.33. The molecular weight excluding hydrogens is 200 g/mol. The molecule has 0 spiro atoms. The third-order valence-electron chi connectivity index (χ3n) is 1.88. The number of aldehydes is 1. The molecule has 4 heteroatoms. The van der Waals surface area contributed by atoms with Crippen LogP contribution in [-0.2, 0) is 0 Å². The van der Waals surface area contributed by atoms with Crippen molar-refractivity contribution in [2.24, 2.45) is 0 Å². The summed E-state index contributed by atoms with van der Waals surface area (Å²) in [6.07, 6.45) is 2.17. The van der Waals surface area contributed by atoms with Crippen LogP contribution in [0, 0.1) is 0 Å². The molecule has 0 radical (unpaired) electrons. The summed E-state index contributed by atoms with van der Waals surface area (Å²) in [5.74, 6) is 0. The number of imidazole rings is 1. The maximum absolute atomic E-state index is 10.7. The van der Waals surface area contributed by atoms with Crippen molar-refractivity contribution in [1.82, 2.24) is 9.55 Å². The Morgan fingerprint density at radius 2 is 2.00 bits per heavy atom. The van der Waals surface area contributed by atoms with Gasteiger partial charge in [0.05, 0.1) is 6.20 Å². The Bertz CT molecular complexity index is 450. The molecule has 0 atom stereocenters. The Hall–Kier alpha value is -1.61. The van der Waals surface area contributed by atoms with E-state index in [-0.39, 0.29) is 0 Å². The topological polar surface area (TPSA) is 34.9 Å². The van der Waals surface area contributed by atoms with Gasteiger partial charge >= 0.3 is 0 Å². The van der Waals surface area contributed by atoms with E-state index >= 15 is 0 Å². The van der Waals surface area contributed by atoms with Gasteiger partial charge in [0, 0.05) is 5.69 Å². The van der Waals surface area contributed by atoms with Crippen LogP contribution in [0.1, 0.15) is 10.5 Å².